The highest BCUT2D eigenvalue weighted by molar-refractivity contribution is 7.89. The van der Waals surface area contributed by atoms with Gasteiger partial charge < -0.3 is 11.1 Å². The summed E-state index contributed by atoms with van der Waals surface area (Å²) in [5, 5.41) is 2.56. The number of nitrogens with zero attached hydrogens (tertiary/aromatic N) is 1. The zero-order chi connectivity index (χ0) is 14.9. The average molecular weight is 297 g/mol. The van der Waals surface area contributed by atoms with Crippen LogP contribution in [0.2, 0.25) is 0 Å². The van der Waals surface area contributed by atoms with E-state index in [0.29, 0.717) is 5.56 Å². The number of aryl methyl sites for hydroxylation is 1. The number of sulfonamides is 1. The molecule has 20 heavy (non-hydrogen) atoms. The van der Waals surface area contributed by atoms with Gasteiger partial charge in [-0.1, -0.05) is 6.07 Å². The fraction of sp³-hybridized carbons (Fsp3) is 0.333. The van der Waals surface area contributed by atoms with Gasteiger partial charge >= 0.3 is 0 Å². The molecule has 0 unspecified atom stereocenters. The highest BCUT2D eigenvalue weighted by atomic mass is 32.2. The molecule has 1 fully saturated rings. The summed E-state index contributed by atoms with van der Waals surface area (Å²) in [4.78, 5) is 22.5. The second-order valence-corrected chi connectivity index (χ2v) is 6.47. The Balaban J connectivity index is 2.41. The van der Waals surface area contributed by atoms with Crippen LogP contribution in [-0.2, 0) is 14.8 Å². The number of amides is 2. The van der Waals surface area contributed by atoms with Crippen molar-refractivity contribution in [1.29, 1.82) is 0 Å². The van der Waals surface area contributed by atoms with Crippen molar-refractivity contribution < 1.29 is 18.0 Å². The molecule has 1 aromatic carbocycles. The molecule has 0 atom stereocenters. The van der Waals surface area contributed by atoms with Crippen LogP contribution in [0.1, 0.15) is 15.9 Å². The summed E-state index contributed by atoms with van der Waals surface area (Å²) in [6, 6.07) is 4.18. The predicted molar refractivity (Wildman–Crippen MR) is 71.5 cm³/mol. The van der Waals surface area contributed by atoms with Crippen LogP contribution >= 0.6 is 0 Å². The minimum atomic E-state index is -3.80. The summed E-state index contributed by atoms with van der Waals surface area (Å²) < 4.78 is 25.9. The Bertz CT molecular complexity index is 669. The summed E-state index contributed by atoms with van der Waals surface area (Å²) in [7, 11) is -3.80. The molecule has 1 heterocycles. The number of benzene rings is 1. The van der Waals surface area contributed by atoms with Crippen LogP contribution in [0.4, 0.5) is 0 Å². The lowest BCUT2D eigenvalue weighted by atomic mass is 10.1. The Morgan fingerprint density at radius 2 is 2.10 bits per heavy atom. The van der Waals surface area contributed by atoms with E-state index in [2.05, 4.69) is 5.32 Å². The summed E-state index contributed by atoms with van der Waals surface area (Å²) in [6.45, 7) is 1.92. The largest absolute Gasteiger partial charge is 0.366 e. The van der Waals surface area contributed by atoms with Gasteiger partial charge in [0.25, 0.3) is 0 Å². The predicted octanol–water partition coefficient (Wildman–Crippen LogP) is -0.786. The maximum absolute atomic E-state index is 12.4. The van der Waals surface area contributed by atoms with Crippen LogP contribution in [0.3, 0.4) is 0 Å². The summed E-state index contributed by atoms with van der Waals surface area (Å²) in [6.07, 6.45) is 0. The number of nitrogens with one attached hydrogen (secondary N) is 1. The first-order valence-electron chi connectivity index (χ1n) is 5.99. The second kappa shape index (κ2) is 5.22. The lowest BCUT2D eigenvalue weighted by Crippen LogP contribution is -2.49. The maximum Gasteiger partial charge on any atom is 0.249 e. The van der Waals surface area contributed by atoms with Crippen molar-refractivity contribution in [3.63, 3.8) is 0 Å². The van der Waals surface area contributed by atoms with E-state index < -0.39 is 15.9 Å². The van der Waals surface area contributed by atoms with E-state index in [9.17, 15) is 18.0 Å². The van der Waals surface area contributed by atoms with Crippen LogP contribution in [-0.4, -0.2) is 44.2 Å². The van der Waals surface area contributed by atoms with Crippen molar-refractivity contribution in [1.82, 2.24) is 9.62 Å². The van der Waals surface area contributed by atoms with Gasteiger partial charge in [0.05, 0.1) is 11.4 Å². The number of piperazine rings is 1. The van der Waals surface area contributed by atoms with E-state index in [1.807, 2.05) is 0 Å². The molecule has 1 aliphatic rings. The van der Waals surface area contributed by atoms with E-state index in [0.717, 1.165) is 4.31 Å². The van der Waals surface area contributed by atoms with Gasteiger partial charge in [0, 0.05) is 18.7 Å². The van der Waals surface area contributed by atoms with Crippen LogP contribution in [0.5, 0.6) is 0 Å². The van der Waals surface area contributed by atoms with Gasteiger partial charge in [-0.05, 0) is 24.6 Å². The zero-order valence-corrected chi connectivity index (χ0v) is 11.7. The monoisotopic (exact) mass is 297 g/mol. The summed E-state index contributed by atoms with van der Waals surface area (Å²) in [5.74, 6) is -1.03. The van der Waals surface area contributed by atoms with Gasteiger partial charge in [0.15, 0.2) is 0 Å². The number of carbonyl (C=O) groups excluding carboxylic acids is 2. The number of hydrogen-bond donors (Lipinski definition) is 2. The van der Waals surface area contributed by atoms with Crippen LogP contribution in [0.15, 0.2) is 23.1 Å². The second-order valence-electron chi connectivity index (χ2n) is 4.53. The molecule has 8 heteroatoms. The number of hydrogen-bond acceptors (Lipinski definition) is 4. The average Bonchev–Trinajstić information content (AvgIpc) is 2.38. The molecule has 1 aromatic rings. The first-order chi connectivity index (χ1) is 9.32. The van der Waals surface area contributed by atoms with Gasteiger partial charge in [-0.15, -0.1) is 0 Å². The molecule has 7 nitrogen and oxygen atoms in total. The molecular weight excluding hydrogens is 282 g/mol. The van der Waals surface area contributed by atoms with E-state index in [4.69, 9.17) is 5.73 Å². The topological polar surface area (TPSA) is 110 Å². The number of rotatable bonds is 3. The van der Waals surface area contributed by atoms with Gasteiger partial charge in [0.1, 0.15) is 0 Å². The molecular formula is C12H15N3O4S. The minimum Gasteiger partial charge on any atom is -0.366 e. The number of carbonyl (C=O) groups is 2. The Hall–Kier alpha value is -1.93. The molecule has 0 bridgehead atoms. The van der Waals surface area contributed by atoms with Gasteiger partial charge in [-0.2, -0.15) is 4.31 Å². The summed E-state index contributed by atoms with van der Waals surface area (Å²) >= 11 is 0. The maximum atomic E-state index is 12.4. The molecule has 2 rings (SSSR count). The molecule has 0 radical (unpaired) electrons. The Morgan fingerprint density at radius 3 is 2.70 bits per heavy atom. The SMILES string of the molecule is Cc1ccc(S(=O)(=O)N2CCNC(=O)C2)cc1C(N)=O. The summed E-state index contributed by atoms with van der Waals surface area (Å²) in [5.41, 5.74) is 5.98. The van der Waals surface area contributed by atoms with Crippen LogP contribution in [0, 0.1) is 6.92 Å². The first kappa shape index (κ1) is 14.5. The number of nitrogens with two attached hydrogens (primary N) is 1. The molecule has 0 spiro atoms. The molecule has 0 aliphatic carbocycles. The standard InChI is InChI=1S/C12H15N3O4S/c1-8-2-3-9(6-10(8)12(13)17)20(18,19)15-5-4-14-11(16)7-15/h2-3,6H,4-5,7H2,1H3,(H2,13,17)(H,14,16). The highest BCUT2D eigenvalue weighted by Gasteiger charge is 2.29. The fourth-order valence-electron chi connectivity index (χ4n) is 2.00. The van der Waals surface area contributed by atoms with E-state index in [1.54, 1.807) is 6.92 Å². The zero-order valence-electron chi connectivity index (χ0n) is 10.9. The molecule has 0 aromatic heterocycles. The van der Waals surface area contributed by atoms with Gasteiger partial charge in [-0.25, -0.2) is 8.42 Å². The van der Waals surface area contributed by atoms with Crippen LogP contribution in [0.25, 0.3) is 0 Å². The third kappa shape index (κ3) is 2.66. The first-order valence-corrected chi connectivity index (χ1v) is 7.43. The Kier molecular flexibility index (Phi) is 3.78. The van der Waals surface area contributed by atoms with E-state index in [-0.39, 0.29) is 36.0 Å². The third-order valence-electron chi connectivity index (χ3n) is 3.12. The highest BCUT2D eigenvalue weighted by Crippen LogP contribution is 2.19. The third-order valence-corrected chi connectivity index (χ3v) is 4.96. The number of primary amides is 1. The van der Waals surface area contributed by atoms with Crippen molar-refractivity contribution in [2.45, 2.75) is 11.8 Å². The van der Waals surface area contributed by atoms with Crippen molar-refractivity contribution in [3.8, 4) is 0 Å². The molecule has 1 aliphatic heterocycles. The normalized spacial score (nSPS) is 16.8. The van der Waals surface area contributed by atoms with Gasteiger partial charge in [0.2, 0.25) is 21.8 Å². The van der Waals surface area contributed by atoms with Crippen molar-refractivity contribution in [3.05, 3.63) is 29.3 Å². The smallest absolute Gasteiger partial charge is 0.249 e. The molecule has 2 amide bonds. The van der Waals surface area contributed by atoms with Crippen molar-refractivity contribution in [2.24, 2.45) is 5.73 Å². The quantitative estimate of drug-likeness (QED) is 0.762. The van der Waals surface area contributed by atoms with Crippen LogP contribution < -0.4 is 11.1 Å². The minimum absolute atomic E-state index is 0.0356. The molecule has 0 saturated carbocycles. The van der Waals surface area contributed by atoms with Crippen molar-refractivity contribution >= 4 is 21.8 Å². The fourth-order valence-corrected chi connectivity index (χ4v) is 3.42. The molecule has 1 saturated heterocycles. The Morgan fingerprint density at radius 1 is 1.40 bits per heavy atom. The lowest BCUT2D eigenvalue weighted by Gasteiger charge is -2.26. The molecule has 108 valence electrons. The van der Waals surface area contributed by atoms with E-state index >= 15 is 0 Å². The molecule has 3 N–H and O–H groups in total. The lowest BCUT2D eigenvalue weighted by molar-refractivity contribution is -0.122. The van der Waals surface area contributed by atoms with E-state index in [1.165, 1.54) is 18.2 Å². The van der Waals surface area contributed by atoms with Crippen molar-refractivity contribution in [2.75, 3.05) is 19.6 Å². The van der Waals surface area contributed by atoms with Gasteiger partial charge in [-0.3, -0.25) is 9.59 Å². The Labute approximate surface area is 116 Å².